The van der Waals surface area contributed by atoms with Gasteiger partial charge in [-0.25, -0.2) is 8.78 Å². The number of carbonyl (C=O) groups excluding carboxylic acids is 1. The normalized spacial score (nSPS) is 11.9. The van der Waals surface area contributed by atoms with Gasteiger partial charge in [0.2, 0.25) is 6.41 Å². The Morgan fingerprint density at radius 2 is 1.72 bits per heavy atom. The highest BCUT2D eigenvalue weighted by atomic mass is 19.1. The molecule has 0 saturated heterocycles. The van der Waals surface area contributed by atoms with Crippen LogP contribution in [0.15, 0.2) is 24.3 Å². The first-order valence-electron chi connectivity index (χ1n) is 7.73. The molecule has 0 heterocycles. The molecule has 132 valence electrons. The third-order valence-corrected chi connectivity index (χ3v) is 4.09. The van der Waals surface area contributed by atoms with Gasteiger partial charge in [0.1, 0.15) is 11.6 Å². The molecule has 2 aromatic rings. The number of benzene rings is 2. The van der Waals surface area contributed by atoms with Crippen LogP contribution in [0.3, 0.4) is 0 Å². The van der Waals surface area contributed by atoms with Crippen LogP contribution in [0.5, 0.6) is 0 Å². The van der Waals surface area contributed by atoms with E-state index >= 15 is 0 Å². The van der Waals surface area contributed by atoms with E-state index in [0.29, 0.717) is 28.7 Å². The maximum Gasteiger partial charge on any atom is 0.305 e. The van der Waals surface area contributed by atoms with Gasteiger partial charge >= 0.3 is 5.97 Å². The predicted molar refractivity (Wildman–Crippen MR) is 90.2 cm³/mol. The number of carboxylic acid groups (broad SMARTS) is 1. The molecular formula is C19H19F2NO3. The van der Waals surface area contributed by atoms with Crippen LogP contribution < -0.4 is 5.32 Å². The smallest absolute Gasteiger partial charge is 0.305 e. The number of hydrogen-bond donors (Lipinski definition) is 2. The molecule has 2 rings (SSSR count). The molecule has 1 unspecified atom stereocenters. The summed E-state index contributed by atoms with van der Waals surface area (Å²) >= 11 is 0. The van der Waals surface area contributed by atoms with E-state index in [2.05, 4.69) is 5.32 Å². The van der Waals surface area contributed by atoms with E-state index < -0.39 is 24.2 Å². The Balaban J connectivity index is 2.65. The second-order valence-corrected chi connectivity index (χ2v) is 6.05. The molecule has 0 bridgehead atoms. The zero-order chi connectivity index (χ0) is 18.7. The van der Waals surface area contributed by atoms with Crippen molar-refractivity contribution in [2.24, 2.45) is 0 Å². The summed E-state index contributed by atoms with van der Waals surface area (Å²) in [5.74, 6) is -2.08. The second-order valence-electron chi connectivity index (χ2n) is 6.05. The second kappa shape index (κ2) is 7.42. The topological polar surface area (TPSA) is 66.4 Å². The molecule has 0 spiro atoms. The van der Waals surface area contributed by atoms with Crippen LogP contribution in [0, 0.1) is 32.4 Å². The van der Waals surface area contributed by atoms with Gasteiger partial charge in [-0.15, -0.1) is 0 Å². The van der Waals surface area contributed by atoms with Crippen LogP contribution in [0.25, 0.3) is 11.1 Å². The molecule has 0 radical (unpaired) electrons. The number of nitrogens with one attached hydrogen (secondary N) is 1. The Kier molecular flexibility index (Phi) is 5.51. The van der Waals surface area contributed by atoms with Gasteiger partial charge in [-0.3, -0.25) is 9.59 Å². The van der Waals surface area contributed by atoms with E-state index in [0.717, 1.165) is 5.56 Å². The molecule has 0 aliphatic rings. The maximum atomic E-state index is 14.6. The molecular weight excluding hydrogens is 328 g/mol. The predicted octanol–water partition coefficient (Wildman–Crippen LogP) is 3.82. The molecule has 1 atom stereocenters. The Bertz CT molecular complexity index is 811. The minimum Gasteiger partial charge on any atom is -0.481 e. The van der Waals surface area contributed by atoms with Gasteiger partial charge in [0.05, 0.1) is 12.5 Å². The molecule has 6 heteroatoms. The van der Waals surface area contributed by atoms with Gasteiger partial charge in [0, 0.05) is 5.56 Å². The van der Waals surface area contributed by atoms with Gasteiger partial charge < -0.3 is 10.4 Å². The standard InChI is InChI=1S/C19H19F2NO3/c1-10-5-14(20)6-11(2)18(10)13-4-12(3)19(21)15(7-13)16(22-9-23)8-17(24)25/h4-7,9,16H,8H2,1-3H3,(H,22,23)(H,24,25). The van der Waals surface area contributed by atoms with Crippen LogP contribution in [0.2, 0.25) is 0 Å². The number of aliphatic carboxylic acids is 1. The Morgan fingerprint density at radius 3 is 2.24 bits per heavy atom. The van der Waals surface area contributed by atoms with Gasteiger partial charge in [0.25, 0.3) is 0 Å². The molecule has 1 amide bonds. The highest BCUT2D eigenvalue weighted by Crippen LogP contribution is 2.33. The van der Waals surface area contributed by atoms with Gasteiger partial charge in [-0.1, -0.05) is 0 Å². The number of carbonyl (C=O) groups is 2. The molecule has 0 fully saturated rings. The number of hydrogen-bond acceptors (Lipinski definition) is 2. The molecule has 0 aliphatic carbocycles. The SMILES string of the molecule is Cc1cc(-c2c(C)cc(F)cc2C)cc(C(CC(=O)O)NC=O)c1F. The van der Waals surface area contributed by atoms with Crippen molar-refractivity contribution < 1.29 is 23.5 Å². The van der Waals surface area contributed by atoms with Crippen LogP contribution in [0.1, 0.15) is 34.7 Å². The van der Waals surface area contributed by atoms with Crippen LogP contribution in [-0.4, -0.2) is 17.5 Å². The lowest BCUT2D eigenvalue weighted by Crippen LogP contribution is -2.23. The van der Waals surface area contributed by atoms with E-state index in [1.165, 1.54) is 18.2 Å². The fourth-order valence-corrected chi connectivity index (χ4v) is 3.08. The highest BCUT2D eigenvalue weighted by Gasteiger charge is 2.22. The first-order valence-corrected chi connectivity index (χ1v) is 7.73. The monoisotopic (exact) mass is 347 g/mol. The van der Waals surface area contributed by atoms with Crippen molar-refractivity contribution in [1.82, 2.24) is 5.32 Å². The van der Waals surface area contributed by atoms with Crippen molar-refractivity contribution in [3.8, 4) is 11.1 Å². The van der Waals surface area contributed by atoms with Gasteiger partial charge in [-0.05, 0) is 72.9 Å². The number of halogens is 2. The minimum atomic E-state index is -1.16. The highest BCUT2D eigenvalue weighted by molar-refractivity contribution is 5.73. The molecule has 2 aromatic carbocycles. The third-order valence-electron chi connectivity index (χ3n) is 4.09. The van der Waals surface area contributed by atoms with E-state index in [9.17, 15) is 18.4 Å². The summed E-state index contributed by atoms with van der Waals surface area (Å²) < 4.78 is 28.1. The average Bonchev–Trinajstić information content (AvgIpc) is 2.48. The van der Waals surface area contributed by atoms with E-state index in [4.69, 9.17) is 5.11 Å². The van der Waals surface area contributed by atoms with Crippen molar-refractivity contribution in [2.75, 3.05) is 0 Å². The van der Waals surface area contributed by atoms with Crippen molar-refractivity contribution in [3.63, 3.8) is 0 Å². The minimum absolute atomic E-state index is 0.0904. The fourth-order valence-electron chi connectivity index (χ4n) is 3.08. The van der Waals surface area contributed by atoms with E-state index in [1.54, 1.807) is 26.8 Å². The lowest BCUT2D eigenvalue weighted by Gasteiger charge is -2.19. The number of aryl methyl sites for hydroxylation is 3. The van der Waals surface area contributed by atoms with E-state index in [1.807, 2.05) is 0 Å². The largest absolute Gasteiger partial charge is 0.481 e. The lowest BCUT2D eigenvalue weighted by molar-refractivity contribution is -0.137. The summed E-state index contributed by atoms with van der Waals surface area (Å²) in [6, 6.07) is 4.93. The molecule has 4 nitrogen and oxygen atoms in total. The maximum absolute atomic E-state index is 14.6. The summed E-state index contributed by atoms with van der Waals surface area (Å²) in [6.45, 7) is 5.07. The summed E-state index contributed by atoms with van der Waals surface area (Å²) in [5, 5.41) is 11.4. The van der Waals surface area contributed by atoms with Crippen LogP contribution in [-0.2, 0) is 9.59 Å². The summed E-state index contributed by atoms with van der Waals surface area (Å²) in [4.78, 5) is 21.8. The van der Waals surface area contributed by atoms with Crippen molar-refractivity contribution >= 4 is 12.4 Å². The summed E-state index contributed by atoms with van der Waals surface area (Å²) in [5.41, 5.74) is 3.18. The Labute approximate surface area is 144 Å². The molecule has 2 N–H and O–H groups in total. The summed E-state index contributed by atoms with van der Waals surface area (Å²) in [7, 11) is 0. The van der Waals surface area contributed by atoms with Crippen molar-refractivity contribution in [2.45, 2.75) is 33.2 Å². The summed E-state index contributed by atoms with van der Waals surface area (Å²) in [6.07, 6.45) is -0.0939. The van der Waals surface area contributed by atoms with E-state index in [-0.39, 0.29) is 11.4 Å². The number of rotatable bonds is 6. The van der Waals surface area contributed by atoms with Crippen molar-refractivity contribution in [1.29, 1.82) is 0 Å². The third kappa shape index (κ3) is 4.02. The van der Waals surface area contributed by atoms with Crippen LogP contribution >= 0.6 is 0 Å². The molecule has 25 heavy (non-hydrogen) atoms. The zero-order valence-electron chi connectivity index (χ0n) is 14.2. The van der Waals surface area contributed by atoms with Gasteiger partial charge in [-0.2, -0.15) is 0 Å². The molecule has 0 aliphatic heterocycles. The first-order chi connectivity index (χ1) is 11.7. The number of carboxylic acids is 1. The lowest BCUT2D eigenvalue weighted by atomic mass is 9.90. The number of amides is 1. The quantitative estimate of drug-likeness (QED) is 0.781. The first kappa shape index (κ1) is 18.6. The Hall–Kier alpha value is -2.76. The van der Waals surface area contributed by atoms with Crippen molar-refractivity contribution in [3.05, 3.63) is 58.2 Å². The zero-order valence-corrected chi connectivity index (χ0v) is 14.2. The fraction of sp³-hybridized carbons (Fsp3) is 0.263. The average molecular weight is 347 g/mol. The Morgan fingerprint density at radius 1 is 1.12 bits per heavy atom. The molecule has 0 saturated carbocycles. The van der Waals surface area contributed by atoms with Gasteiger partial charge in [0.15, 0.2) is 0 Å². The molecule has 0 aromatic heterocycles. The van der Waals surface area contributed by atoms with Crippen LogP contribution in [0.4, 0.5) is 8.78 Å².